The summed E-state index contributed by atoms with van der Waals surface area (Å²) in [7, 11) is 0. The molecular formula is C17H12ClFN4O. The summed E-state index contributed by atoms with van der Waals surface area (Å²) in [6.07, 6.45) is 5.18. The first-order chi connectivity index (χ1) is 11.2. The third-order valence-corrected chi connectivity index (χ3v) is 3.59. The van der Waals surface area contributed by atoms with Crippen LogP contribution < -0.4 is 5.32 Å². The zero-order valence-corrected chi connectivity index (χ0v) is 13.1. The molecule has 24 heavy (non-hydrogen) atoms. The largest absolute Gasteiger partial charge is 0.346 e. The number of pyridine rings is 1. The summed E-state index contributed by atoms with van der Waals surface area (Å²) in [6.45, 7) is 0. The minimum Gasteiger partial charge on any atom is -0.346 e. The van der Waals surface area contributed by atoms with E-state index in [1.807, 2.05) is 12.1 Å². The molecule has 1 aliphatic rings. The lowest BCUT2D eigenvalue weighted by atomic mass is 10.2. The topological polar surface area (TPSA) is 70.1 Å². The van der Waals surface area contributed by atoms with Crippen LogP contribution >= 0.6 is 12.4 Å². The Labute approximate surface area is 142 Å². The molecule has 1 aliphatic heterocycles. The highest BCUT2D eigenvalue weighted by Gasteiger charge is 2.21. The smallest absolute Gasteiger partial charge is 0.275 e. The molecule has 0 aliphatic carbocycles. The van der Waals surface area contributed by atoms with Crippen molar-refractivity contribution < 1.29 is 9.18 Å². The van der Waals surface area contributed by atoms with Gasteiger partial charge in [0, 0.05) is 28.9 Å². The van der Waals surface area contributed by atoms with Gasteiger partial charge in [-0.05, 0) is 42.5 Å². The molecule has 0 unspecified atom stereocenters. The molecule has 0 saturated carbocycles. The number of carbonyl (C=O) groups excluding carboxylic acids is 1. The maximum absolute atomic E-state index is 13.0. The van der Waals surface area contributed by atoms with Gasteiger partial charge in [-0.1, -0.05) is 0 Å². The van der Waals surface area contributed by atoms with Gasteiger partial charge >= 0.3 is 0 Å². The lowest BCUT2D eigenvalue weighted by Gasteiger charge is -1.99. The molecule has 0 atom stereocenters. The summed E-state index contributed by atoms with van der Waals surface area (Å²) in [5.41, 5.74) is 2.54. The zero-order valence-electron chi connectivity index (χ0n) is 12.3. The number of aliphatic imine (C=N–C) groups is 1. The summed E-state index contributed by atoms with van der Waals surface area (Å²) in [6, 6.07) is 9.57. The van der Waals surface area contributed by atoms with Gasteiger partial charge in [-0.2, -0.15) is 0 Å². The maximum atomic E-state index is 13.0. The van der Waals surface area contributed by atoms with E-state index < -0.39 is 0 Å². The molecule has 7 heteroatoms. The van der Waals surface area contributed by atoms with Crippen molar-refractivity contribution in [2.24, 2.45) is 4.99 Å². The zero-order chi connectivity index (χ0) is 15.8. The number of hydrogen-bond donors (Lipinski definition) is 2. The number of halogens is 2. The predicted octanol–water partition coefficient (Wildman–Crippen LogP) is 3.04. The maximum Gasteiger partial charge on any atom is 0.275 e. The first-order valence-electron chi connectivity index (χ1n) is 7.00. The molecule has 0 bridgehead atoms. The van der Waals surface area contributed by atoms with E-state index in [1.165, 1.54) is 12.1 Å². The highest BCUT2D eigenvalue weighted by Crippen LogP contribution is 2.21. The van der Waals surface area contributed by atoms with Gasteiger partial charge in [0.2, 0.25) is 0 Å². The quantitative estimate of drug-likeness (QED) is 0.703. The lowest BCUT2D eigenvalue weighted by molar-refractivity contribution is -0.115. The normalized spacial score (nSPS) is 15.3. The SMILES string of the molecule is Cl.O=C1NC(c2ccc(F)cc2)=NC1=Cc1c[nH]c2ncccc12. The standard InChI is InChI=1S/C17H11FN4O.ClH/c18-12-5-3-10(4-6-12)15-21-14(17(23)22-15)8-11-9-20-16-13(11)2-1-7-19-16;/h1-9H,(H,19,20)(H,21,22,23);1H. The first-order valence-corrected chi connectivity index (χ1v) is 7.00. The number of nitrogens with one attached hydrogen (secondary N) is 2. The minimum atomic E-state index is -0.333. The van der Waals surface area contributed by atoms with Gasteiger partial charge in [0.25, 0.3) is 5.91 Å². The van der Waals surface area contributed by atoms with Crippen molar-refractivity contribution >= 4 is 41.3 Å². The van der Waals surface area contributed by atoms with Crippen LogP contribution in [-0.4, -0.2) is 21.7 Å². The van der Waals surface area contributed by atoms with Crippen LogP contribution in [0.3, 0.4) is 0 Å². The van der Waals surface area contributed by atoms with Crippen molar-refractivity contribution in [2.75, 3.05) is 0 Å². The molecule has 3 aromatic rings. The molecule has 0 spiro atoms. The van der Waals surface area contributed by atoms with Crippen LogP contribution in [0.25, 0.3) is 17.1 Å². The average Bonchev–Trinajstić information content (AvgIpc) is 3.13. The third-order valence-electron chi connectivity index (χ3n) is 3.59. The van der Waals surface area contributed by atoms with Gasteiger partial charge in [0.1, 0.15) is 23.0 Å². The summed E-state index contributed by atoms with van der Waals surface area (Å²) in [5, 5.41) is 3.61. The van der Waals surface area contributed by atoms with Crippen molar-refractivity contribution in [2.45, 2.75) is 0 Å². The van der Waals surface area contributed by atoms with E-state index in [2.05, 4.69) is 20.3 Å². The molecule has 1 aromatic carbocycles. The van der Waals surface area contributed by atoms with Crippen LogP contribution in [0.5, 0.6) is 0 Å². The van der Waals surface area contributed by atoms with E-state index in [0.29, 0.717) is 17.1 Å². The average molecular weight is 343 g/mol. The predicted molar refractivity (Wildman–Crippen MR) is 92.4 cm³/mol. The molecule has 4 rings (SSSR count). The van der Waals surface area contributed by atoms with Crippen LogP contribution in [0.1, 0.15) is 11.1 Å². The van der Waals surface area contributed by atoms with Crippen molar-refractivity contribution in [3.8, 4) is 0 Å². The number of aromatic nitrogens is 2. The van der Waals surface area contributed by atoms with Crippen molar-refractivity contribution in [3.05, 3.63) is 71.4 Å². The Morgan fingerprint density at radius 1 is 1.12 bits per heavy atom. The number of benzene rings is 1. The van der Waals surface area contributed by atoms with Crippen LogP contribution in [0.15, 0.2) is 59.5 Å². The number of H-pyrrole nitrogens is 1. The number of nitrogens with zero attached hydrogens (tertiary/aromatic N) is 2. The molecule has 2 N–H and O–H groups in total. The van der Waals surface area contributed by atoms with Crippen molar-refractivity contribution in [1.29, 1.82) is 0 Å². The fourth-order valence-electron chi connectivity index (χ4n) is 2.46. The van der Waals surface area contributed by atoms with E-state index in [-0.39, 0.29) is 24.1 Å². The summed E-state index contributed by atoms with van der Waals surface area (Å²) in [5.74, 6) is -0.206. The Morgan fingerprint density at radius 2 is 1.92 bits per heavy atom. The van der Waals surface area contributed by atoms with E-state index in [1.54, 1.807) is 30.6 Å². The van der Waals surface area contributed by atoms with Gasteiger partial charge < -0.3 is 10.3 Å². The molecule has 5 nitrogen and oxygen atoms in total. The third kappa shape index (κ3) is 2.79. The van der Waals surface area contributed by atoms with Gasteiger partial charge in [-0.15, -0.1) is 12.4 Å². The van der Waals surface area contributed by atoms with E-state index in [0.717, 1.165) is 16.6 Å². The number of hydrogen-bond acceptors (Lipinski definition) is 3. The second-order valence-electron chi connectivity index (χ2n) is 5.09. The van der Waals surface area contributed by atoms with Crippen LogP contribution in [0.4, 0.5) is 4.39 Å². The Bertz CT molecular complexity index is 976. The van der Waals surface area contributed by atoms with E-state index >= 15 is 0 Å². The fourth-order valence-corrected chi connectivity index (χ4v) is 2.46. The number of amidine groups is 1. The number of aromatic amines is 1. The number of carbonyl (C=O) groups is 1. The minimum absolute atomic E-state index is 0. The summed E-state index contributed by atoms with van der Waals surface area (Å²) in [4.78, 5) is 23.7. The Hall–Kier alpha value is -2.99. The molecular weight excluding hydrogens is 331 g/mol. The molecule has 0 saturated heterocycles. The molecule has 2 aromatic heterocycles. The molecule has 3 heterocycles. The van der Waals surface area contributed by atoms with Crippen molar-refractivity contribution in [3.63, 3.8) is 0 Å². The highest BCUT2D eigenvalue weighted by molar-refractivity contribution is 6.20. The summed E-state index contributed by atoms with van der Waals surface area (Å²) < 4.78 is 13.0. The van der Waals surface area contributed by atoms with Gasteiger partial charge in [-0.25, -0.2) is 14.4 Å². The molecule has 0 radical (unpaired) electrons. The second-order valence-corrected chi connectivity index (χ2v) is 5.09. The molecule has 120 valence electrons. The van der Waals surface area contributed by atoms with Gasteiger partial charge in [0.15, 0.2) is 0 Å². The molecule has 1 amide bonds. The summed E-state index contributed by atoms with van der Waals surface area (Å²) >= 11 is 0. The van der Waals surface area contributed by atoms with E-state index in [4.69, 9.17) is 0 Å². The first kappa shape index (κ1) is 15.9. The van der Waals surface area contributed by atoms with Crippen LogP contribution in [0.2, 0.25) is 0 Å². The Balaban J connectivity index is 0.00000169. The second kappa shape index (κ2) is 6.25. The fraction of sp³-hybridized carbons (Fsp3) is 0. The van der Waals surface area contributed by atoms with E-state index in [9.17, 15) is 9.18 Å². The monoisotopic (exact) mass is 342 g/mol. The number of rotatable bonds is 2. The highest BCUT2D eigenvalue weighted by atomic mass is 35.5. The number of fused-ring (bicyclic) bond motifs is 1. The Kier molecular flexibility index (Phi) is 4.14. The van der Waals surface area contributed by atoms with Gasteiger partial charge in [0.05, 0.1) is 0 Å². The van der Waals surface area contributed by atoms with Crippen LogP contribution in [-0.2, 0) is 4.79 Å². The van der Waals surface area contributed by atoms with Crippen molar-refractivity contribution in [1.82, 2.24) is 15.3 Å². The Morgan fingerprint density at radius 3 is 2.71 bits per heavy atom. The lowest BCUT2D eigenvalue weighted by Crippen LogP contribution is -2.24. The van der Waals surface area contributed by atoms with Crippen LogP contribution in [0, 0.1) is 5.82 Å². The molecule has 0 fully saturated rings. The number of amides is 1. The van der Waals surface area contributed by atoms with Gasteiger partial charge in [-0.3, -0.25) is 4.79 Å².